The number of hydrogen-bond donors (Lipinski definition) is 1. The number of nitrogens with one attached hydrogen (secondary N) is 1. The van der Waals surface area contributed by atoms with Gasteiger partial charge in [0.05, 0.1) is 6.54 Å². The summed E-state index contributed by atoms with van der Waals surface area (Å²) in [5.41, 5.74) is 1.98. The quantitative estimate of drug-likeness (QED) is 0.777. The van der Waals surface area contributed by atoms with Crippen LogP contribution in [0.15, 0.2) is 51.0 Å². The largest absolute Gasteiger partial charge is 0.423 e. The third-order valence-electron chi connectivity index (χ3n) is 2.64. The minimum absolute atomic E-state index is 0.535. The summed E-state index contributed by atoms with van der Waals surface area (Å²) >= 11 is 5.25. The summed E-state index contributed by atoms with van der Waals surface area (Å²) in [4.78, 5) is 1.28. The van der Waals surface area contributed by atoms with E-state index in [2.05, 4.69) is 42.9 Å². The molecule has 0 radical (unpaired) electrons. The van der Waals surface area contributed by atoms with Gasteiger partial charge in [0.1, 0.15) is 0 Å². The second-order valence-electron chi connectivity index (χ2n) is 3.87. The Labute approximate surface area is 122 Å². The molecule has 1 aromatic carbocycles. The van der Waals surface area contributed by atoms with Gasteiger partial charge >= 0.3 is 0 Å². The van der Waals surface area contributed by atoms with E-state index >= 15 is 0 Å². The molecule has 0 saturated carbocycles. The highest BCUT2D eigenvalue weighted by atomic mass is 79.9. The van der Waals surface area contributed by atoms with E-state index in [1.807, 2.05) is 24.3 Å². The first-order chi connectivity index (χ1) is 9.33. The van der Waals surface area contributed by atoms with Gasteiger partial charge < -0.3 is 9.73 Å². The Morgan fingerprint density at radius 1 is 1.21 bits per heavy atom. The van der Waals surface area contributed by atoms with Crippen molar-refractivity contribution in [1.29, 1.82) is 0 Å². The molecule has 0 aliphatic carbocycles. The number of aromatic nitrogens is 2. The average molecular weight is 336 g/mol. The fraction of sp³-hybridized carbons (Fsp3) is 0.0769. The van der Waals surface area contributed by atoms with Crippen molar-refractivity contribution >= 4 is 33.0 Å². The van der Waals surface area contributed by atoms with Crippen LogP contribution in [-0.2, 0) is 6.54 Å². The van der Waals surface area contributed by atoms with E-state index in [-0.39, 0.29) is 0 Å². The molecule has 0 saturated heterocycles. The van der Waals surface area contributed by atoms with Crippen molar-refractivity contribution < 1.29 is 4.42 Å². The van der Waals surface area contributed by atoms with Crippen LogP contribution in [0.4, 0.5) is 5.69 Å². The van der Waals surface area contributed by atoms with Crippen molar-refractivity contribution in [3.8, 4) is 11.5 Å². The maximum absolute atomic E-state index is 5.15. The van der Waals surface area contributed by atoms with Crippen LogP contribution in [-0.4, -0.2) is 10.2 Å². The summed E-state index contributed by atoms with van der Waals surface area (Å²) in [6.07, 6.45) is 1.33. The molecule has 4 nitrogen and oxygen atoms in total. The van der Waals surface area contributed by atoms with E-state index in [0.29, 0.717) is 5.89 Å². The Hall–Kier alpha value is -1.66. The molecule has 0 bridgehead atoms. The molecular formula is C13H10BrN3OS. The van der Waals surface area contributed by atoms with Gasteiger partial charge in [-0.25, -0.2) is 0 Å². The van der Waals surface area contributed by atoms with E-state index in [0.717, 1.165) is 22.3 Å². The lowest BCUT2D eigenvalue weighted by Gasteiger charge is -2.05. The Kier molecular flexibility index (Phi) is 3.61. The molecule has 2 aromatic heterocycles. The van der Waals surface area contributed by atoms with Gasteiger partial charge in [0.15, 0.2) is 0 Å². The zero-order valence-electron chi connectivity index (χ0n) is 9.84. The van der Waals surface area contributed by atoms with E-state index in [1.54, 1.807) is 11.3 Å². The number of anilines is 1. The van der Waals surface area contributed by atoms with Crippen LogP contribution >= 0.6 is 27.3 Å². The van der Waals surface area contributed by atoms with Crippen molar-refractivity contribution in [2.45, 2.75) is 6.54 Å². The van der Waals surface area contributed by atoms with Gasteiger partial charge in [0.25, 0.3) is 0 Å². The average Bonchev–Trinajstić information content (AvgIpc) is 3.09. The molecule has 0 amide bonds. The molecule has 0 fully saturated rings. The van der Waals surface area contributed by atoms with Gasteiger partial charge in [-0.1, -0.05) is 0 Å². The number of rotatable bonds is 4. The van der Waals surface area contributed by atoms with Gasteiger partial charge in [0.2, 0.25) is 12.3 Å². The second kappa shape index (κ2) is 5.54. The van der Waals surface area contributed by atoms with Crippen molar-refractivity contribution in [3.05, 3.63) is 51.5 Å². The first kappa shape index (κ1) is 12.4. The molecule has 0 aliphatic heterocycles. The molecule has 1 N–H and O–H groups in total. The van der Waals surface area contributed by atoms with Gasteiger partial charge in [-0.3, -0.25) is 0 Å². The van der Waals surface area contributed by atoms with Crippen molar-refractivity contribution in [1.82, 2.24) is 10.2 Å². The monoisotopic (exact) mass is 335 g/mol. The predicted octanol–water partition coefficient (Wildman–Crippen LogP) is 4.17. The van der Waals surface area contributed by atoms with Crippen LogP contribution < -0.4 is 5.32 Å². The third kappa shape index (κ3) is 2.85. The van der Waals surface area contributed by atoms with Crippen molar-refractivity contribution in [3.63, 3.8) is 0 Å². The lowest BCUT2D eigenvalue weighted by atomic mass is 10.2. The summed E-state index contributed by atoms with van der Waals surface area (Å²) in [5, 5.41) is 13.0. The number of benzene rings is 1. The van der Waals surface area contributed by atoms with Gasteiger partial charge in [-0.2, -0.15) is 0 Å². The number of nitrogens with zero attached hydrogens (tertiary/aromatic N) is 2. The molecule has 0 unspecified atom stereocenters. The molecule has 2 heterocycles. The van der Waals surface area contributed by atoms with Gasteiger partial charge in [-0.15, -0.1) is 21.5 Å². The number of halogens is 1. The first-order valence-electron chi connectivity index (χ1n) is 5.65. The third-order valence-corrected chi connectivity index (χ3v) is 4.56. The molecule has 3 aromatic rings. The highest BCUT2D eigenvalue weighted by Gasteiger charge is 2.04. The van der Waals surface area contributed by atoms with Gasteiger partial charge in [-0.05, 0) is 51.6 Å². The minimum atomic E-state index is 0.535. The summed E-state index contributed by atoms with van der Waals surface area (Å²) < 4.78 is 6.29. The molecular weight excluding hydrogens is 326 g/mol. The van der Waals surface area contributed by atoms with Crippen molar-refractivity contribution in [2.75, 3.05) is 5.32 Å². The number of hydrogen-bond acceptors (Lipinski definition) is 5. The molecule has 19 heavy (non-hydrogen) atoms. The minimum Gasteiger partial charge on any atom is -0.423 e. The van der Waals surface area contributed by atoms with Crippen LogP contribution in [0.2, 0.25) is 0 Å². The molecule has 3 rings (SSSR count). The van der Waals surface area contributed by atoms with Crippen LogP contribution in [0.5, 0.6) is 0 Å². The SMILES string of the molecule is Brc1ccsc1CNc1ccc(-c2nnco2)cc1. The summed E-state index contributed by atoms with van der Waals surface area (Å²) in [5.74, 6) is 0.535. The Bertz CT molecular complexity index is 649. The first-order valence-corrected chi connectivity index (χ1v) is 7.32. The molecule has 0 aliphatic rings. The van der Waals surface area contributed by atoms with E-state index in [1.165, 1.54) is 11.3 Å². The summed E-state index contributed by atoms with van der Waals surface area (Å²) in [7, 11) is 0. The fourth-order valence-electron chi connectivity index (χ4n) is 1.66. The summed E-state index contributed by atoms with van der Waals surface area (Å²) in [6, 6.07) is 9.97. The lowest BCUT2D eigenvalue weighted by Crippen LogP contribution is -1.97. The van der Waals surface area contributed by atoms with Crippen LogP contribution in [0, 0.1) is 0 Å². The maximum Gasteiger partial charge on any atom is 0.247 e. The second-order valence-corrected chi connectivity index (χ2v) is 5.72. The summed E-state index contributed by atoms with van der Waals surface area (Å²) in [6.45, 7) is 0.804. The van der Waals surface area contributed by atoms with E-state index in [4.69, 9.17) is 4.42 Å². The van der Waals surface area contributed by atoms with Crippen LogP contribution in [0.3, 0.4) is 0 Å². The van der Waals surface area contributed by atoms with E-state index < -0.39 is 0 Å². The van der Waals surface area contributed by atoms with Crippen LogP contribution in [0.1, 0.15) is 4.88 Å². The molecule has 0 atom stereocenters. The Morgan fingerprint density at radius 3 is 2.68 bits per heavy atom. The fourth-order valence-corrected chi connectivity index (χ4v) is 3.10. The standard InChI is InChI=1S/C13H10BrN3OS/c14-11-5-6-19-12(11)7-15-10-3-1-9(2-4-10)13-17-16-8-18-13/h1-6,8,15H,7H2. The predicted molar refractivity (Wildman–Crippen MR) is 79.1 cm³/mol. The maximum atomic E-state index is 5.15. The highest BCUT2D eigenvalue weighted by Crippen LogP contribution is 2.24. The normalized spacial score (nSPS) is 10.6. The van der Waals surface area contributed by atoms with Gasteiger partial charge in [0, 0.05) is 20.6 Å². The Balaban J connectivity index is 1.68. The number of thiophene rings is 1. The molecule has 6 heteroatoms. The lowest BCUT2D eigenvalue weighted by molar-refractivity contribution is 0.568. The van der Waals surface area contributed by atoms with Crippen LogP contribution in [0.25, 0.3) is 11.5 Å². The van der Waals surface area contributed by atoms with Crippen molar-refractivity contribution in [2.24, 2.45) is 0 Å². The van der Waals surface area contributed by atoms with E-state index in [9.17, 15) is 0 Å². The molecule has 96 valence electrons. The zero-order chi connectivity index (χ0) is 13.1. The highest BCUT2D eigenvalue weighted by molar-refractivity contribution is 9.10. The zero-order valence-corrected chi connectivity index (χ0v) is 12.2. The topological polar surface area (TPSA) is 51.0 Å². The Morgan fingerprint density at radius 2 is 2.05 bits per heavy atom. The molecule has 0 spiro atoms. The smallest absolute Gasteiger partial charge is 0.247 e.